The zero-order valence-corrected chi connectivity index (χ0v) is 10.3. The van der Waals surface area contributed by atoms with Crippen LogP contribution in [0.2, 0.25) is 0 Å². The summed E-state index contributed by atoms with van der Waals surface area (Å²) in [5.74, 6) is -0.695. The molecule has 2 unspecified atom stereocenters. The quantitative estimate of drug-likeness (QED) is 0.753. The Morgan fingerprint density at radius 2 is 2.31 bits per heavy atom. The number of aliphatic carboxylic acids is 1. The number of carbonyl (C=O) groups is 1. The number of carboxylic acid groups (broad SMARTS) is 1. The first-order chi connectivity index (χ1) is 7.69. The lowest BCUT2D eigenvalue weighted by molar-refractivity contribution is -0.145. The lowest BCUT2D eigenvalue weighted by atomic mass is 10.0. The van der Waals surface area contributed by atoms with Crippen molar-refractivity contribution in [1.82, 2.24) is 4.90 Å². The van der Waals surface area contributed by atoms with E-state index in [2.05, 4.69) is 4.90 Å². The molecule has 1 saturated heterocycles. The first-order valence-electron chi connectivity index (χ1n) is 6.27. The Balaban J connectivity index is 2.52. The van der Waals surface area contributed by atoms with Gasteiger partial charge in [-0.15, -0.1) is 0 Å². The minimum atomic E-state index is -0.695. The van der Waals surface area contributed by atoms with Crippen LogP contribution >= 0.6 is 0 Å². The van der Waals surface area contributed by atoms with Crippen LogP contribution < -0.4 is 0 Å². The molecule has 0 aliphatic carbocycles. The molecule has 0 saturated carbocycles. The van der Waals surface area contributed by atoms with Gasteiger partial charge >= 0.3 is 5.97 Å². The summed E-state index contributed by atoms with van der Waals surface area (Å²) in [6, 6.07) is -0.326. The molecule has 0 aromatic heterocycles. The van der Waals surface area contributed by atoms with E-state index in [9.17, 15) is 9.90 Å². The molecule has 2 atom stereocenters. The van der Waals surface area contributed by atoms with Crippen LogP contribution in [0.4, 0.5) is 0 Å². The van der Waals surface area contributed by atoms with Crippen molar-refractivity contribution in [3.05, 3.63) is 0 Å². The number of nitrogens with zero attached hydrogens (tertiary/aromatic N) is 1. The third-order valence-electron chi connectivity index (χ3n) is 3.10. The van der Waals surface area contributed by atoms with E-state index in [0.717, 1.165) is 38.8 Å². The smallest absolute Gasteiger partial charge is 0.320 e. The van der Waals surface area contributed by atoms with Gasteiger partial charge in [0.05, 0.1) is 6.10 Å². The standard InChI is InChI=1S/C12H23NO3/c1-3-6-11(12(14)15)13-8-5-7-10(9-13)16-4-2/h10-11H,3-9H2,1-2H3,(H,14,15). The maximum Gasteiger partial charge on any atom is 0.320 e. The average Bonchev–Trinajstić information content (AvgIpc) is 2.26. The van der Waals surface area contributed by atoms with Crippen LogP contribution in [-0.2, 0) is 9.53 Å². The van der Waals surface area contributed by atoms with Gasteiger partial charge in [-0.1, -0.05) is 13.3 Å². The number of piperidine rings is 1. The van der Waals surface area contributed by atoms with Crippen molar-refractivity contribution in [3.63, 3.8) is 0 Å². The molecule has 0 amide bonds. The predicted molar refractivity (Wildman–Crippen MR) is 62.6 cm³/mol. The van der Waals surface area contributed by atoms with Gasteiger partial charge < -0.3 is 9.84 Å². The summed E-state index contributed by atoms with van der Waals surface area (Å²) >= 11 is 0. The van der Waals surface area contributed by atoms with E-state index < -0.39 is 5.97 Å². The van der Waals surface area contributed by atoms with E-state index in [1.807, 2.05) is 13.8 Å². The lowest BCUT2D eigenvalue weighted by Gasteiger charge is -2.36. The summed E-state index contributed by atoms with van der Waals surface area (Å²) in [4.78, 5) is 13.2. The van der Waals surface area contributed by atoms with Crippen LogP contribution in [0.25, 0.3) is 0 Å². The van der Waals surface area contributed by atoms with Crippen molar-refractivity contribution in [2.24, 2.45) is 0 Å². The van der Waals surface area contributed by atoms with E-state index >= 15 is 0 Å². The van der Waals surface area contributed by atoms with Crippen LogP contribution in [0, 0.1) is 0 Å². The number of likely N-dealkylation sites (tertiary alicyclic amines) is 1. The molecule has 4 heteroatoms. The molecule has 1 N–H and O–H groups in total. The highest BCUT2D eigenvalue weighted by Crippen LogP contribution is 2.18. The number of hydrogen-bond donors (Lipinski definition) is 1. The maximum atomic E-state index is 11.2. The third-order valence-corrected chi connectivity index (χ3v) is 3.10. The first kappa shape index (κ1) is 13.5. The molecule has 4 nitrogen and oxygen atoms in total. The third kappa shape index (κ3) is 3.76. The summed E-state index contributed by atoms with van der Waals surface area (Å²) in [7, 11) is 0. The van der Waals surface area contributed by atoms with E-state index in [1.54, 1.807) is 0 Å². The highest BCUT2D eigenvalue weighted by atomic mass is 16.5. The Labute approximate surface area is 97.6 Å². The van der Waals surface area contributed by atoms with Crippen LogP contribution in [0.15, 0.2) is 0 Å². The molecule has 16 heavy (non-hydrogen) atoms. The van der Waals surface area contributed by atoms with Gasteiger partial charge in [-0.05, 0) is 32.7 Å². The Morgan fingerprint density at radius 1 is 1.56 bits per heavy atom. The fourth-order valence-electron chi connectivity index (χ4n) is 2.36. The zero-order valence-electron chi connectivity index (χ0n) is 10.3. The van der Waals surface area contributed by atoms with Crippen LogP contribution in [-0.4, -0.2) is 47.8 Å². The second-order valence-electron chi connectivity index (χ2n) is 4.36. The fourth-order valence-corrected chi connectivity index (χ4v) is 2.36. The van der Waals surface area contributed by atoms with Gasteiger partial charge in [0.2, 0.25) is 0 Å². The molecular weight excluding hydrogens is 206 g/mol. The molecular formula is C12H23NO3. The molecule has 0 spiro atoms. The van der Waals surface area contributed by atoms with Crippen molar-refractivity contribution in [2.45, 2.75) is 51.7 Å². The van der Waals surface area contributed by atoms with E-state index in [4.69, 9.17) is 4.74 Å². The van der Waals surface area contributed by atoms with Crippen molar-refractivity contribution in [1.29, 1.82) is 0 Å². The lowest BCUT2D eigenvalue weighted by Crippen LogP contribution is -2.48. The molecule has 1 fully saturated rings. The van der Waals surface area contributed by atoms with E-state index in [0.29, 0.717) is 6.61 Å². The highest BCUT2D eigenvalue weighted by Gasteiger charge is 2.29. The normalized spacial score (nSPS) is 24.2. The fraction of sp³-hybridized carbons (Fsp3) is 0.917. The summed E-state index contributed by atoms with van der Waals surface area (Å²) < 4.78 is 5.59. The van der Waals surface area contributed by atoms with Gasteiger partial charge in [0.1, 0.15) is 6.04 Å². The second kappa shape index (κ2) is 6.86. The Morgan fingerprint density at radius 3 is 2.88 bits per heavy atom. The van der Waals surface area contributed by atoms with Crippen LogP contribution in [0.5, 0.6) is 0 Å². The molecule has 0 aromatic carbocycles. The molecule has 0 aromatic rings. The van der Waals surface area contributed by atoms with Gasteiger partial charge in [0.25, 0.3) is 0 Å². The number of rotatable bonds is 6. The maximum absolute atomic E-state index is 11.2. The minimum absolute atomic E-state index is 0.220. The predicted octanol–water partition coefficient (Wildman–Crippen LogP) is 1.74. The Hall–Kier alpha value is -0.610. The molecule has 1 aliphatic heterocycles. The van der Waals surface area contributed by atoms with E-state index in [1.165, 1.54) is 0 Å². The number of carboxylic acids is 1. The molecule has 94 valence electrons. The van der Waals surface area contributed by atoms with Crippen molar-refractivity contribution in [3.8, 4) is 0 Å². The second-order valence-corrected chi connectivity index (χ2v) is 4.36. The monoisotopic (exact) mass is 229 g/mol. The summed E-state index contributed by atoms with van der Waals surface area (Å²) in [6.45, 7) is 6.38. The minimum Gasteiger partial charge on any atom is -0.480 e. The van der Waals surface area contributed by atoms with Gasteiger partial charge in [-0.3, -0.25) is 9.69 Å². The van der Waals surface area contributed by atoms with Crippen LogP contribution in [0.3, 0.4) is 0 Å². The molecule has 1 heterocycles. The average molecular weight is 229 g/mol. The van der Waals surface area contributed by atoms with Gasteiger partial charge in [-0.2, -0.15) is 0 Å². The van der Waals surface area contributed by atoms with E-state index in [-0.39, 0.29) is 12.1 Å². The van der Waals surface area contributed by atoms with Crippen molar-refractivity contribution in [2.75, 3.05) is 19.7 Å². The SMILES string of the molecule is CCCC(C(=O)O)N1CCCC(OCC)C1. The van der Waals surface area contributed by atoms with Crippen molar-refractivity contribution >= 4 is 5.97 Å². The van der Waals surface area contributed by atoms with Crippen molar-refractivity contribution < 1.29 is 14.6 Å². The Kier molecular flexibility index (Phi) is 5.77. The molecule has 1 rings (SSSR count). The summed E-state index contributed by atoms with van der Waals surface area (Å²) in [5.41, 5.74) is 0. The summed E-state index contributed by atoms with van der Waals surface area (Å²) in [6.07, 6.45) is 3.96. The number of ether oxygens (including phenoxy) is 1. The molecule has 0 radical (unpaired) electrons. The highest BCUT2D eigenvalue weighted by molar-refractivity contribution is 5.73. The molecule has 1 aliphatic rings. The zero-order chi connectivity index (χ0) is 12.0. The number of hydrogen-bond acceptors (Lipinski definition) is 3. The van der Waals surface area contributed by atoms with Crippen LogP contribution in [0.1, 0.15) is 39.5 Å². The van der Waals surface area contributed by atoms with Gasteiger partial charge in [0, 0.05) is 13.2 Å². The Bertz CT molecular complexity index is 218. The van der Waals surface area contributed by atoms with Gasteiger partial charge in [-0.25, -0.2) is 0 Å². The van der Waals surface area contributed by atoms with Gasteiger partial charge in [0.15, 0.2) is 0 Å². The topological polar surface area (TPSA) is 49.8 Å². The largest absolute Gasteiger partial charge is 0.480 e. The molecule has 0 bridgehead atoms. The first-order valence-corrected chi connectivity index (χ1v) is 6.27. The summed E-state index contributed by atoms with van der Waals surface area (Å²) in [5, 5.41) is 9.19.